The maximum Gasteiger partial charge on any atom is 0.127 e. The molecular formula is C10H13N3S. The molecule has 0 radical (unpaired) electrons. The van der Waals surface area contributed by atoms with Crippen LogP contribution in [-0.2, 0) is 6.42 Å². The Bertz CT molecular complexity index is 448. The van der Waals surface area contributed by atoms with E-state index >= 15 is 0 Å². The lowest BCUT2D eigenvalue weighted by Gasteiger charge is -2.04. The quantitative estimate of drug-likeness (QED) is 0.818. The molecule has 4 heteroatoms. The van der Waals surface area contributed by atoms with Crippen molar-refractivity contribution in [1.29, 1.82) is 0 Å². The molecule has 0 aliphatic carbocycles. The standard InChI is InChI=1S/C10H13N3S/c1-6(11)3-9-8-4-7(2)14-10(8)13-5-12-9/h4-6H,3,11H2,1-2H3. The Hall–Kier alpha value is -1.00. The van der Waals surface area contributed by atoms with Crippen LogP contribution in [0.15, 0.2) is 12.4 Å². The molecule has 14 heavy (non-hydrogen) atoms. The number of thiophene rings is 1. The fourth-order valence-electron chi connectivity index (χ4n) is 1.49. The average Bonchev–Trinajstić information content (AvgIpc) is 2.45. The van der Waals surface area contributed by atoms with Gasteiger partial charge in [-0.25, -0.2) is 9.97 Å². The lowest BCUT2D eigenvalue weighted by Crippen LogP contribution is -2.18. The largest absolute Gasteiger partial charge is 0.328 e. The monoisotopic (exact) mass is 207 g/mol. The second-order valence-corrected chi connectivity index (χ2v) is 4.81. The number of nitrogens with zero attached hydrogens (tertiary/aromatic N) is 2. The van der Waals surface area contributed by atoms with Crippen molar-refractivity contribution in [1.82, 2.24) is 9.97 Å². The van der Waals surface area contributed by atoms with E-state index in [-0.39, 0.29) is 6.04 Å². The maximum absolute atomic E-state index is 5.77. The predicted molar refractivity (Wildman–Crippen MR) is 59.5 cm³/mol. The van der Waals surface area contributed by atoms with E-state index in [1.807, 2.05) is 6.92 Å². The first-order valence-corrected chi connectivity index (χ1v) is 5.44. The maximum atomic E-state index is 5.77. The van der Waals surface area contributed by atoms with Crippen molar-refractivity contribution in [2.75, 3.05) is 0 Å². The van der Waals surface area contributed by atoms with Crippen LogP contribution >= 0.6 is 11.3 Å². The Morgan fingerprint density at radius 3 is 3.00 bits per heavy atom. The Labute approximate surface area is 87.0 Å². The Morgan fingerprint density at radius 1 is 1.50 bits per heavy atom. The first-order chi connectivity index (χ1) is 6.66. The lowest BCUT2D eigenvalue weighted by molar-refractivity contribution is 0.725. The molecule has 1 unspecified atom stereocenters. The number of aryl methyl sites for hydroxylation is 1. The van der Waals surface area contributed by atoms with Gasteiger partial charge in [0.25, 0.3) is 0 Å². The van der Waals surface area contributed by atoms with Crippen LogP contribution in [0.1, 0.15) is 17.5 Å². The van der Waals surface area contributed by atoms with Gasteiger partial charge in [-0.05, 0) is 19.9 Å². The highest BCUT2D eigenvalue weighted by Gasteiger charge is 2.07. The minimum Gasteiger partial charge on any atom is -0.328 e. The summed E-state index contributed by atoms with van der Waals surface area (Å²) in [7, 11) is 0. The summed E-state index contributed by atoms with van der Waals surface area (Å²) in [6.07, 6.45) is 2.44. The van der Waals surface area contributed by atoms with E-state index in [1.165, 1.54) is 4.88 Å². The molecule has 0 amide bonds. The van der Waals surface area contributed by atoms with Crippen molar-refractivity contribution in [3.8, 4) is 0 Å². The molecule has 2 aromatic rings. The van der Waals surface area contributed by atoms with Crippen LogP contribution in [0.4, 0.5) is 0 Å². The Morgan fingerprint density at radius 2 is 2.29 bits per heavy atom. The van der Waals surface area contributed by atoms with Crippen LogP contribution in [-0.4, -0.2) is 16.0 Å². The lowest BCUT2D eigenvalue weighted by atomic mass is 10.1. The highest BCUT2D eigenvalue weighted by molar-refractivity contribution is 7.18. The van der Waals surface area contributed by atoms with Gasteiger partial charge in [-0.2, -0.15) is 0 Å². The van der Waals surface area contributed by atoms with Crippen molar-refractivity contribution in [3.05, 3.63) is 23.0 Å². The third-order valence-corrected chi connectivity index (χ3v) is 3.01. The van der Waals surface area contributed by atoms with Gasteiger partial charge in [0.05, 0.1) is 5.69 Å². The summed E-state index contributed by atoms with van der Waals surface area (Å²) in [6.45, 7) is 4.08. The first-order valence-electron chi connectivity index (χ1n) is 4.62. The normalized spacial score (nSPS) is 13.4. The van der Waals surface area contributed by atoms with Crippen molar-refractivity contribution in [2.24, 2.45) is 5.73 Å². The molecule has 2 N–H and O–H groups in total. The summed E-state index contributed by atoms with van der Waals surface area (Å²) in [6, 6.07) is 2.28. The zero-order valence-corrected chi connectivity index (χ0v) is 9.14. The van der Waals surface area contributed by atoms with Crippen molar-refractivity contribution < 1.29 is 0 Å². The smallest absolute Gasteiger partial charge is 0.127 e. The topological polar surface area (TPSA) is 51.8 Å². The fourth-order valence-corrected chi connectivity index (χ4v) is 2.36. The highest BCUT2D eigenvalue weighted by atomic mass is 32.1. The van der Waals surface area contributed by atoms with E-state index in [2.05, 4.69) is 23.0 Å². The van der Waals surface area contributed by atoms with E-state index in [4.69, 9.17) is 5.73 Å². The summed E-state index contributed by atoms with van der Waals surface area (Å²) < 4.78 is 0. The zero-order valence-electron chi connectivity index (χ0n) is 8.32. The fraction of sp³-hybridized carbons (Fsp3) is 0.400. The Kier molecular flexibility index (Phi) is 2.48. The van der Waals surface area contributed by atoms with Crippen LogP contribution in [0.3, 0.4) is 0 Å². The molecule has 1 atom stereocenters. The molecule has 0 aliphatic rings. The van der Waals surface area contributed by atoms with E-state index in [1.54, 1.807) is 17.7 Å². The molecule has 0 bridgehead atoms. The van der Waals surface area contributed by atoms with Crippen molar-refractivity contribution in [3.63, 3.8) is 0 Å². The summed E-state index contributed by atoms with van der Waals surface area (Å²) in [5.74, 6) is 0. The van der Waals surface area contributed by atoms with Crippen LogP contribution in [0.25, 0.3) is 10.2 Å². The number of fused-ring (bicyclic) bond motifs is 1. The molecule has 0 spiro atoms. The summed E-state index contributed by atoms with van der Waals surface area (Å²) in [5.41, 5.74) is 6.83. The van der Waals surface area contributed by atoms with Gasteiger partial charge in [0.1, 0.15) is 11.2 Å². The van der Waals surface area contributed by atoms with E-state index < -0.39 is 0 Å². The second kappa shape index (κ2) is 3.63. The summed E-state index contributed by atoms with van der Waals surface area (Å²) >= 11 is 1.70. The van der Waals surface area contributed by atoms with Crippen molar-refractivity contribution >= 4 is 21.6 Å². The van der Waals surface area contributed by atoms with Crippen LogP contribution in [0.2, 0.25) is 0 Å². The molecule has 0 saturated carbocycles. The number of aromatic nitrogens is 2. The molecular weight excluding hydrogens is 194 g/mol. The van der Waals surface area contributed by atoms with Crippen LogP contribution in [0.5, 0.6) is 0 Å². The van der Waals surface area contributed by atoms with E-state index in [0.29, 0.717) is 0 Å². The molecule has 2 aromatic heterocycles. The molecule has 74 valence electrons. The molecule has 0 saturated heterocycles. The summed E-state index contributed by atoms with van der Waals surface area (Å²) in [4.78, 5) is 10.8. The van der Waals surface area contributed by atoms with Crippen molar-refractivity contribution in [2.45, 2.75) is 26.3 Å². The number of rotatable bonds is 2. The third kappa shape index (κ3) is 1.76. The highest BCUT2D eigenvalue weighted by Crippen LogP contribution is 2.24. The predicted octanol–water partition coefficient (Wildman–Crippen LogP) is 1.89. The third-order valence-electron chi connectivity index (χ3n) is 2.05. The molecule has 0 aromatic carbocycles. The Balaban J connectivity index is 2.53. The second-order valence-electron chi connectivity index (χ2n) is 3.58. The summed E-state index contributed by atoms with van der Waals surface area (Å²) in [5, 5.41) is 1.16. The van der Waals surface area contributed by atoms with Gasteiger partial charge in [-0.15, -0.1) is 11.3 Å². The average molecular weight is 207 g/mol. The van der Waals surface area contributed by atoms with Gasteiger partial charge in [0, 0.05) is 22.7 Å². The molecule has 3 nitrogen and oxygen atoms in total. The first kappa shape index (κ1) is 9.55. The molecule has 2 rings (SSSR count). The minimum absolute atomic E-state index is 0.147. The van der Waals surface area contributed by atoms with Gasteiger partial charge in [0.15, 0.2) is 0 Å². The van der Waals surface area contributed by atoms with Gasteiger partial charge < -0.3 is 5.73 Å². The molecule has 0 fully saturated rings. The number of hydrogen-bond acceptors (Lipinski definition) is 4. The van der Waals surface area contributed by atoms with Gasteiger partial charge in [-0.3, -0.25) is 0 Å². The van der Waals surface area contributed by atoms with E-state index in [0.717, 1.165) is 22.3 Å². The number of hydrogen-bond donors (Lipinski definition) is 1. The van der Waals surface area contributed by atoms with E-state index in [9.17, 15) is 0 Å². The zero-order chi connectivity index (χ0) is 10.1. The molecule has 0 aliphatic heterocycles. The van der Waals surface area contributed by atoms with Crippen LogP contribution < -0.4 is 5.73 Å². The van der Waals surface area contributed by atoms with Gasteiger partial charge >= 0.3 is 0 Å². The molecule has 2 heterocycles. The van der Waals surface area contributed by atoms with Crippen LogP contribution in [0, 0.1) is 6.92 Å². The minimum atomic E-state index is 0.147. The van der Waals surface area contributed by atoms with Gasteiger partial charge in [0.2, 0.25) is 0 Å². The van der Waals surface area contributed by atoms with Gasteiger partial charge in [-0.1, -0.05) is 0 Å². The SMILES string of the molecule is Cc1cc2c(CC(C)N)ncnc2s1. The number of nitrogens with two attached hydrogens (primary N) is 1.